The standard InChI is InChI=1S/C10H12ClNO6S/c1-17-5-2-6-18-9-4-3-8(12(13)14)7-10(9)19(11,15)16/h3-4,7H,2,5-6H2,1H3. The van der Waals surface area contributed by atoms with Crippen molar-refractivity contribution in [2.75, 3.05) is 20.3 Å². The summed E-state index contributed by atoms with van der Waals surface area (Å²) in [5.74, 6) is -0.0169. The van der Waals surface area contributed by atoms with Gasteiger partial charge in [0.15, 0.2) is 0 Å². The highest BCUT2D eigenvalue weighted by atomic mass is 35.7. The van der Waals surface area contributed by atoms with Gasteiger partial charge in [0.25, 0.3) is 14.7 Å². The van der Waals surface area contributed by atoms with E-state index in [4.69, 9.17) is 20.2 Å². The molecule has 0 bridgehead atoms. The third-order valence-electron chi connectivity index (χ3n) is 2.15. The predicted octanol–water partition coefficient (Wildman–Crippen LogP) is 1.94. The molecule has 7 nitrogen and oxygen atoms in total. The lowest BCUT2D eigenvalue weighted by atomic mass is 10.3. The van der Waals surface area contributed by atoms with Crippen molar-refractivity contribution < 1.29 is 22.8 Å². The molecule has 106 valence electrons. The Hall–Kier alpha value is -1.38. The van der Waals surface area contributed by atoms with Gasteiger partial charge in [0.05, 0.1) is 11.5 Å². The molecule has 0 radical (unpaired) electrons. The fourth-order valence-corrected chi connectivity index (χ4v) is 2.30. The molecule has 1 aromatic carbocycles. The maximum absolute atomic E-state index is 11.4. The summed E-state index contributed by atoms with van der Waals surface area (Å²) in [5, 5.41) is 10.6. The van der Waals surface area contributed by atoms with Crippen LogP contribution >= 0.6 is 10.7 Å². The van der Waals surface area contributed by atoms with E-state index in [1.165, 1.54) is 13.2 Å². The van der Waals surface area contributed by atoms with Gasteiger partial charge < -0.3 is 9.47 Å². The van der Waals surface area contributed by atoms with Gasteiger partial charge in [-0.15, -0.1) is 0 Å². The SMILES string of the molecule is COCCCOc1ccc([N+](=O)[O-])cc1S(=O)(=O)Cl. The Morgan fingerprint density at radius 3 is 2.58 bits per heavy atom. The molecule has 19 heavy (non-hydrogen) atoms. The van der Waals surface area contributed by atoms with Crippen LogP contribution in [0.15, 0.2) is 23.1 Å². The minimum absolute atomic E-state index is 0.0169. The highest BCUT2D eigenvalue weighted by molar-refractivity contribution is 8.13. The molecule has 0 aromatic heterocycles. The highest BCUT2D eigenvalue weighted by Gasteiger charge is 2.21. The number of halogens is 1. The third kappa shape index (κ3) is 4.66. The van der Waals surface area contributed by atoms with Crippen LogP contribution in [0, 0.1) is 10.1 Å². The predicted molar refractivity (Wildman–Crippen MR) is 68.1 cm³/mol. The van der Waals surface area contributed by atoms with Gasteiger partial charge in [0.1, 0.15) is 10.6 Å². The van der Waals surface area contributed by atoms with Crippen molar-refractivity contribution in [3.05, 3.63) is 28.3 Å². The largest absolute Gasteiger partial charge is 0.492 e. The zero-order chi connectivity index (χ0) is 14.5. The number of ether oxygens (including phenoxy) is 2. The number of non-ortho nitro benzene ring substituents is 1. The van der Waals surface area contributed by atoms with Crippen molar-refractivity contribution >= 4 is 25.4 Å². The van der Waals surface area contributed by atoms with Gasteiger partial charge in [-0.05, 0) is 6.07 Å². The molecule has 0 heterocycles. The number of hydrogen-bond donors (Lipinski definition) is 0. The molecule has 0 saturated carbocycles. The second-order valence-corrected chi connectivity index (χ2v) is 6.06. The summed E-state index contributed by atoms with van der Waals surface area (Å²) in [4.78, 5) is 9.48. The van der Waals surface area contributed by atoms with Crippen molar-refractivity contribution in [2.24, 2.45) is 0 Å². The average molecular weight is 310 g/mol. The van der Waals surface area contributed by atoms with Crippen LogP contribution in [0.2, 0.25) is 0 Å². The number of nitro groups is 1. The van der Waals surface area contributed by atoms with Gasteiger partial charge in [0.2, 0.25) is 0 Å². The first-order chi connectivity index (χ1) is 8.86. The summed E-state index contributed by atoms with van der Waals surface area (Å²) >= 11 is 0. The summed E-state index contributed by atoms with van der Waals surface area (Å²) in [7, 11) is 2.63. The first-order valence-electron chi connectivity index (χ1n) is 5.21. The minimum atomic E-state index is -4.12. The number of nitro benzene ring substituents is 1. The van der Waals surface area contributed by atoms with Crippen LogP contribution < -0.4 is 4.74 Å². The van der Waals surface area contributed by atoms with Crippen molar-refractivity contribution in [1.82, 2.24) is 0 Å². The van der Waals surface area contributed by atoms with Gasteiger partial charge in [-0.2, -0.15) is 0 Å². The summed E-state index contributed by atoms with van der Waals surface area (Å²) in [6.45, 7) is 0.668. The fourth-order valence-electron chi connectivity index (χ4n) is 1.31. The van der Waals surface area contributed by atoms with Gasteiger partial charge in [-0.25, -0.2) is 8.42 Å². The molecule has 0 N–H and O–H groups in total. The minimum Gasteiger partial charge on any atom is -0.492 e. The summed E-state index contributed by atoms with van der Waals surface area (Å²) in [5.41, 5.74) is -0.372. The van der Waals surface area contributed by atoms with Crippen molar-refractivity contribution in [3.63, 3.8) is 0 Å². The number of methoxy groups -OCH3 is 1. The monoisotopic (exact) mass is 309 g/mol. The summed E-state index contributed by atoms with van der Waals surface area (Å²) in [6, 6.07) is 3.23. The summed E-state index contributed by atoms with van der Waals surface area (Å²) < 4.78 is 32.8. The van der Waals surface area contributed by atoms with Crippen molar-refractivity contribution in [2.45, 2.75) is 11.3 Å². The number of rotatable bonds is 7. The molecular weight excluding hydrogens is 298 g/mol. The Morgan fingerprint density at radius 2 is 2.05 bits per heavy atom. The van der Waals surface area contributed by atoms with Crippen LogP contribution in [-0.4, -0.2) is 33.7 Å². The van der Waals surface area contributed by atoms with Gasteiger partial charge in [-0.1, -0.05) is 0 Å². The van der Waals surface area contributed by atoms with E-state index in [1.807, 2.05) is 0 Å². The van der Waals surface area contributed by atoms with Gasteiger partial charge >= 0.3 is 0 Å². The molecule has 0 unspecified atom stereocenters. The second kappa shape index (κ2) is 6.69. The third-order valence-corrected chi connectivity index (χ3v) is 3.49. The first kappa shape index (κ1) is 15.7. The maximum Gasteiger partial charge on any atom is 0.271 e. The first-order valence-corrected chi connectivity index (χ1v) is 7.52. The Bertz CT molecular complexity index is 559. The Balaban J connectivity index is 3.00. The van der Waals surface area contributed by atoms with E-state index in [0.717, 1.165) is 12.1 Å². The highest BCUT2D eigenvalue weighted by Crippen LogP contribution is 2.30. The molecular formula is C10H12ClNO6S. The molecule has 0 saturated heterocycles. The number of hydrogen-bond acceptors (Lipinski definition) is 6. The molecule has 0 aliphatic heterocycles. The second-order valence-electron chi connectivity index (χ2n) is 3.52. The van der Waals surface area contributed by atoms with Crippen LogP contribution in [0.3, 0.4) is 0 Å². The van der Waals surface area contributed by atoms with Gasteiger partial charge in [-0.3, -0.25) is 10.1 Å². The molecule has 0 aliphatic rings. The molecule has 0 amide bonds. The lowest BCUT2D eigenvalue weighted by Crippen LogP contribution is -2.05. The maximum atomic E-state index is 11.4. The van der Waals surface area contributed by atoms with E-state index in [0.29, 0.717) is 13.0 Å². The lowest BCUT2D eigenvalue weighted by Gasteiger charge is -2.09. The van der Waals surface area contributed by atoms with Crippen molar-refractivity contribution in [3.8, 4) is 5.75 Å². The van der Waals surface area contributed by atoms with Crippen LogP contribution in [0.25, 0.3) is 0 Å². The van der Waals surface area contributed by atoms with Gasteiger partial charge in [0, 0.05) is 43.0 Å². The molecule has 0 aliphatic carbocycles. The van der Waals surface area contributed by atoms with Crippen LogP contribution in [0.4, 0.5) is 5.69 Å². The van der Waals surface area contributed by atoms with E-state index in [2.05, 4.69) is 0 Å². The van der Waals surface area contributed by atoms with Crippen molar-refractivity contribution in [1.29, 1.82) is 0 Å². The Labute approximate surface area is 114 Å². The van der Waals surface area contributed by atoms with E-state index in [9.17, 15) is 18.5 Å². The van der Waals surface area contributed by atoms with E-state index in [-0.39, 0.29) is 18.0 Å². The lowest BCUT2D eigenvalue weighted by molar-refractivity contribution is -0.385. The van der Waals surface area contributed by atoms with E-state index < -0.39 is 18.9 Å². The number of benzene rings is 1. The van der Waals surface area contributed by atoms with Crippen LogP contribution in [0.5, 0.6) is 5.75 Å². The number of nitrogens with zero attached hydrogens (tertiary/aromatic N) is 1. The van der Waals surface area contributed by atoms with E-state index >= 15 is 0 Å². The topological polar surface area (TPSA) is 95.7 Å². The fraction of sp³-hybridized carbons (Fsp3) is 0.400. The normalized spacial score (nSPS) is 11.3. The molecule has 0 fully saturated rings. The Kier molecular flexibility index (Phi) is 5.52. The van der Waals surface area contributed by atoms with E-state index in [1.54, 1.807) is 0 Å². The summed E-state index contributed by atoms with van der Waals surface area (Å²) in [6.07, 6.45) is 0.551. The molecule has 0 spiro atoms. The molecule has 1 aromatic rings. The quantitative estimate of drug-likeness (QED) is 0.330. The smallest absolute Gasteiger partial charge is 0.271 e. The van der Waals surface area contributed by atoms with Crippen LogP contribution in [0.1, 0.15) is 6.42 Å². The molecule has 0 atom stereocenters. The zero-order valence-corrected chi connectivity index (χ0v) is 11.6. The van der Waals surface area contributed by atoms with Crippen LogP contribution in [-0.2, 0) is 13.8 Å². The molecule has 9 heteroatoms. The average Bonchev–Trinajstić information content (AvgIpc) is 2.33. The zero-order valence-electron chi connectivity index (χ0n) is 10.0. The molecule has 1 rings (SSSR count). The Morgan fingerprint density at radius 1 is 1.37 bits per heavy atom.